The molecule has 0 amide bonds. The molecule has 0 saturated heterocycles. The third-order valence-electron chi connectivity index (χ3n) is 11.8. The molecule has 13 rings (SSSR count). The van der Waals surface area contributed by atoms with E-state index in [2.05, 4.69) is 184 Å². The first-order valence-corrected chi connectivity index (χ1v) is 19.1. The fourth-order valence-electron chi connectivity index (χ4n) is 9.95. The SMILES string of the molecule is c1ccc(-n2c3ccccc3c3c2c2c4cccc5c4n(c2c2c4ccccc4n(-c4ccccc4)c32)-c2cccc3c2B5c2ccccc2S3)cc1. The third kappa shape index (κ3) is 3.44. The Morgan fingerprint density at radius 2 is 0.849 bits per heavy atom. The highest BCUT2D eigenvalue weighted by atomic mass is 32.2. The van der Waals surface area contributed by atoms with Crippen LogP contribution in [-0.2, 0) is 0 Å². The zero-order valence-corrected chi connectivity index (χ0v) is 29.3. The molecule has 0 spiro atoms. The summed E-state index contributed by atoms with van der Waals surface area (Å²) in [4.78, 5) is 2.70. The molecule has 244 valence electrons. The number of fused-ring (bicyclic) bond motifs is 16. The summed E-state index contributed by atoms with van der Waals surface area (Å²) in [5.41, 5.74) is 15.3. The number of para-hydroxylation sites is 5. The fraction of sp³-hybridized carbons (Fsp3) is 0. The van der Waals surface area contributed by atoms with E-state index in [1.165, 1.54) is 97.3 Å². The van der Waals surface area contributed by atoms with E-state index in [0.717, 1.165) is 11.4 Å². The molecule has 2 aliphatic heterocycles. The second kappa shape index (κ2) is 10.1. The van der Waals surface area contributed by atoms with Crippen molar-refractivity contribution in [3.05, 3.63) is 170 Å². The van der Waals surface area contributed by atoms with Crippen molar-refractivity contribution < 1.29 is 0 Å². The summed E-state index contributed by atoms with van der Waals surface area (Å²) in [6.07, 6.45) is 0. The van der Waals surface area contributed by atoms with Gasteiger partial charge in [-0.3, -0.25) is 0 Å². The van der Waals surface area contributed by atoms with Crippen LogP contribution in [0.15, 0.2) is 180 Å². The van der Waals surface area contributed by atoms with Crippen LogP contribution < -0.4 is 16.4 Å². The summed E-state index contributed by atoms with van der Waals surface area (Å²) >= 11 is 1.91. The van der Waals surface area contributed by atoms with Crippen LogP contribution in [0.5, 0.6) is 0 Å². The van der Waals surface area contributed by atoms with E-state index in [0.29, 0.717) is 0 Å². The first-order valence-electron chi connectivity index (χ1n) is 18.3. The second-order valence-electron chi connectivity index (χ2n) is 14.4. The second-order valence-corrected chi connectivity index (χ2v) is 15.5. The Labute approximate surface area is 309 Å². The maximum absolute atomic E-state index is 2.65. The number of aromatic nitrogens is 3. The van der Waals surface area contributed by atoms with Gasteiger partial charge in [0.15, 0.2) is 0 Å². The molecule has 0 atom stereocenters. The quantitative estimate of drug-likeness (QED) is 0.165. The van der Waals surface area contributed by atoms with E-state index in [4.69, 9.17) is 0 Å². The molecule has 0 bridgehead atoms. The van der Waals surface area contributed by atoms with E-state index < -0.39 is 0 Å². The van der Waals surface area contributed by atoms with Crippen molar-refractivity contribution in [2.75, 3.05) is 0 Å². The van der Waals surface area contributed by atoms with E-state index in [1.807, 2.05) is 11.8 Å². The van der Waals surface area contributed by atoms with Gasteiger partial charge in [-0.2, -0.15) is 0 Å². The van der Waals surface area contributed by atoms with Crippen LogP contribution in [-0.4, -0.2) is 20.4 Å². The highest BCUT2D eigenvalue weighted by Crippen LogP contribution is 2.50. The minimum Gasteiger partial charge on any atom is -0.309 e. The molecule has 2 aliphatic rings. The van der Waals surface area contributed by atoms with Crippen molar-refractivity contribution in [3.8, 4) is 17.1 Å². The van der Waals surface area contributed by atoms with Gasteiger partial charge in [0.1, 0.15) is 0 Å². The first-order chi connectivity index (χ1) is 26.4. The lowest BCUT2D eigenvalue weighted by molar-refractivity contribution is 1.17. The number of hydrogen-bond acceptors (Lipinski definition) is 1. The molecule has 5 heterocycles. The van der Waals surface area contributed by atoms with Crippen molar-refractivity contribution in [1.82, 2.24) is 13.7 Å². The van der Waals surface area contributed by atoms with Crippen LogP contribution in [0.2, 0.25) is 0 Å². The molecule has 0 aliphatic carbocycles. The smallest absolute Gasteiger partial charge is 0.249 e. The van der Waals surface area contributed by atoms with Crippen molar-refractivity contribution >= 4 is 100 Å². The standard InChI is InChI=1S/C48H28BN3S/c1-3-15-29(16-4-1)50-37-25-11-8-20-32(37)42-46(50)41-31-19-7-10-24-36(31)51(30-17-5-2-6-18-30)47(41)43-33-21-13-23-35-45(33)52(48(42)43)38-26-14-28-40-44(38)49(35)34-22-9-12-27-39(34)53-40/h1-28H. The summed E-state index contributed by atoms with van der Waals surface area (Å²) in [7, 11) is 0. The van der Waals surface area contributed by atoms with Crippen LogP contribution in [0, 0.1) is 0 Å². The van der Waals surface area contributed by atoms with Crippen LogP contribution in [0.3, 0.4) is 0 Å². The minimum atomic E-state index is 0.163. The molecule has 5 heteroatoms. The monoisotopic (exact) mass is 689 g/mol. The summed E-state index contributed by atoms with van der Waals surface area (Å²) in [6.45, 7) is 0.163. The predicted octanol–water partition coefficient (Wildman–Crippen LogP) is 10.3. The van der Waals surface area contributed by atoms with Crippen LogP contribution in [0.25, 0.3) is 82.5 Å². The Morgan fingerprint density at radius 1 is 0.358 bits per heavy atom. The minimum absolute atomic E-state index is 0.163. The number of rotatable bonds is 2. The predicted molar refractivity (Wildman–Crippen MR) is 225 cm³/mol. The molecule has 0 radical (unpaired) electrons. The molecule has 0 saturated carbocycles. The number of nitrogens with zero attached hydrogens (tertiary/aromatic N) is 3. The highest BCUT2D eigenvalue weighted by Gasteiger charge is 2.40. The van der Waals surface area contributed by atoms with E-state index in [9.17, 15) is 0 Å². The molecule has 3 nitrogen and oxygen atoms in total. The molecule has 0 unspecified atom stereocenters. The molecule has 0 fully saturated rings. The largest absolute Gasteiger partial charge is 0.309 e. The Kier molecular flexibility index (Phi) is 5.39. The van der Waals surface area contributed by atoms with Gasteiger partial charge in [0.05, 0.1) is 27.6 Å². The molecular formula is C48H28BN3S. The van der Waals surface area contributed by atoms with Gasteiger partial charge in [-0.05, 0) is 65.5 Å². The summed E-state index contributed by atoms with van der Waals surface area (Å²) in [6, 6.07) is 63.0. The Morgan fingerprint density at radius 3 is 1.53 bits per heavy atom. The lowest BCUT2D eigenvalue weighted by atomic mass is 9.35. The maximum atomic E-state index is 2.65. The average molecular weight is 690 g/mol. The average Bonchev–Trinajstić information content (AvgIpc) is 3.87. The van der Waals surface area contributed by atoms with Gasteiger partial charge in [-0.25, -0.2) is 0 Å². The Bertz CT molecular complexity index is 3370. The lowest BCUT2D eigenvalue weighted by Gasteiger charge is -2.33. The first kappa shape index (κ1) is 28.2. The van der Waals surface area contributed by atoms with E-state index in [-0.39, 0.29) is 6.71 Å². The van der Waals surface area contributed by atoms with Crippen molar-refractivity contribution in [1.29, 1.82) is 0 Å². The normalized spacial score (nSPS) is 13.2. The summed E-state index contributed by atoms with van der Waals surface area (Å²) < 4.78 is 7.71. The highest BCUT2D eigenvalue weighted by molar-refractivity contribution is 8.00. The molecular weight excluding hydrogens is 661 g/mol. The maximum Gasteiger partial charge on any atom is 0.249 e. The third-order valence-corrected chi connectivity index (χ3v) is 13.0. The summed E-state index contributed by atoms with van der Waals surface area (Å²) in [5, 5.41) is 7.71. The Hall–Kier alpha value is -6.43. The number of hydrogen-bond donors (Lipinski definition) is 0. The topological polar surface area (TPSA) is 14.8 Å². The van der Waals surface area contributed by atoms with Gasteiger partial charge in [-0.1, -0.05) is 132 Å². The molecule has 3 aromatic heterocycles. The molecule has 0 N–H and O–H groups in total. The van der Waals surface area contributed by atoms with Gasteiger partial charge < -0.3 is 13.7 Å². The summed E-state index contributed by atoms with van der Waals surface area (Å²) in [5.74, 6) is 0. The van der Waals surface area contributed by atoms with Crippen molar-refractivity contribution in [2.45, 2.75) is 9.79 Å². The van der Waals surface area contributed by atoms with Crippen molar-refractivity contribution in [3.63, 3.8) is 0 Å². The van der Waals surface area contributed by atoms with Gasteiger partial charge in [0.25, 0.3) is 0 Å². The number of benzene rings is 8. The Balaban J connectivity index is 1.38. The van der Waals surface area contributed by atoms with E-state index in [1.54, 1.807) is 0 Å². The van der Waals surface area contributed by atoms with Gasteiger partial charge in [-0.15, -0.1) is 0 Å². The molecule has 53 heavy (non-hydrogen) atoms. The van der Waals surface area contributed by atoms with E-state index >= 15 is 0 Å². The lowest BCUT2D eigenvalue weighted by Crippen LogP contribution is -2.58. The fourth-order valence-corrected chi connectivity index (χ4v) is 11.1. The van der Waals surface area contributed by atoms with Crippen LogP contribution in [0.1, 0.15) is 0 Å². The van der Waals surface area contributed by atoms with Crippen LogP contribution >= 0.6 is 11.8 Å². The zero-order chi connectivity index (χ0) is 34.4. The molecule has 8 aromatic carbocycles. The van der Waals surface area contributed by atoms with Gasteiger partial charge in [0, 0.05) is 64.7 Å². The molecule has 11 aromatic rings. The van der Waals surface area contributed by atoms with Crippen LogP contribution in [0.4, 0.5) is 0 Å². The van der Waals surface area contributed by atoms with Gasteiger partial charge in [0.2, 0.25) is 6.71 Å². The van der Waals surface area contributed by atoms with Crippen molar-refractivity contribution in [2.24, 2.45) is 0 Å². The van der Waals surface area contributed by atoms with Gasteiger partial charge >= 0.3 is 0 Å². The zero-order valence-electron chi connectivity index (χ0n) is 28.5.